The summed E-state index contributed by atoms with van der Waals surface area (Å²) >= 11 is 1.17. The Kier molecular flexibility index (Phi) is 5.74. The second-order valence-electron chi connectivity index (χ2n) is 7.21. The van der Waals surface area contributed by atoms with Gasteiger partial charge in [0.15, 0.2) is 11.0 Å². The fraction of sp³-hybridized carbons (Fsp3) is 0.286. The molecule has 1 aliphatic rings. The highest BCUT2D eigenvalue weighted by Crippen LogP contribution is 2.42. The van der Waals surface area contributed by atoms with Gasteiger partial charge in [0.1, 0.15) is 5.82 Å². The van der Waals surface area contributed by atoms with Crippen LogP contribution in [0.4, 0.5) is 23.2 Å². The monoisotopic (exact) mass is 450 g/mol. The highest BCUT2D eigenvalue weighted by molar-refractivity contribution is 8.00. The average Bonchev–Trinajstić information content (AvgIpc) is 3.48. The van der Waals surface area contributed by atoms with Crippen molar-refractivity contribution < 1.29 is 22.4 Å². The lowest BCUT2D eigenvalue weighted by molar-refractivity contribution is -0.137. The number of carbonyl (C=O) groups excluding carboxylic acids is 1. The Bertz CT molecular complexity index is 1090. The predicted molar refractivity (Wildman–Crippen MR) is 109 cm³/mol. The number of rotatable bonds is 6. The van der Waals surface area contributed by atoms with Crippen LogP contribution in [-0.4, -0.2) is 25.9 Å². The molecule has 10 heteroatoms. The van der Waals surface area contributed by atoms with E-state index in [-0.39, 0.29) is 17.6 Å². The SMILES string of the molecule is CC(Sc1nnc(-c2ccccc2F)n1C1CC1)C(=O)Nc1ccc(C(F)(F)F)cc1. The summed E-state index contributed by atoms with van der Waals surface area (Å²) in [6, 6.07) is 10.7. The van der Waals surface area contributed by atoms with Crippen LogP contribution in [0.5, 0.6) is 0 Å². The highest BCUT2D eigenvalue weighted by Gasteiger charge is 2.32. The van der Waals surface area contributed by atoms with Crippen LogP contribution in [0.3, 0.4) is 0 Å². The van der Waals surface area contributed by atoms with Gasteiger partial charge in [0.25, 0.3) is 0 Å². The molecule has 1 saturated carbocycles. The number of halogens is 4. The standard InChI is InChI=1S/C21H18F4N4OS/c1-12(19(30)26-14-8-6-13(7-9-14)21(23,24)25)31-20-28-27-18(29(20)15-10-11-15)16-4-2-3-5-17(16)22/h2-9,12,15H,10-11H2,1H3,(H,26,30). The predicted octanol–water partition coefficient (Wildman–Crippen LogP) is 5.56. The van der Waals surface area contributed by atoms with Crippen molar-refractivity contribution in [1.82, 2.24) is 14.8 Å². The minimum Gasteiger partial charge on any atom is -0.325 e. The first-order valence-electron chi connectivity index (χ1n) is 9.58. The molecule has 0 spiro atoms. The summed E-state index contributed by atoms with van der Waals surface area (Å²) in [7, 11) is 0. The molecule has 31 heavy (non-hydrogen) atoms. The molecular weight excluding hydrogens is 432 g/mol. The number of anilines is 1. The van der Waals surface area contributed by atoms with Crippen LogP contribution in [0.2, 0.25) is 0 Å². The maximum atomic E-state index is 14.3. The van der Waals surface area contributed by atoms with Gasteiger partial charge in [-0.1, -0.05) is 23.9 Å². The van der Waals surface area contributed by atoms with Crippen LogP contribution in [-0.2, 0) is 11.0 Å². The van der Waals surface area contributed by atoms with Gasteiger partial charge in [-0.05, 0) is 56.2 Å². The number of aromatic nitrogens is 3. The van der Waals surface area contributed by atoms with Crippen LogP contribution in [0.1, 0.15) is 31.4 Å². The van der Waals surface area contributed by atoms with Gasteiger partial charge in [-0.2, -0.15) is 13.2 Å². The molecule has 1 heterocycles. The molecule has 162 valence electrons. The van der Waals surface area contributed by atoms with E-state index in [0.29, 0.717) is 16.5 Å². The quantitative estimate of drug-likeness (QED) is 0.395. The lowest BCUT2D eigenvalue weighted by atomic mass is 10.2. The Morgan fingerprint density at radius 2 is 1.81 bits per heavy atom. The summed E-state index contributed by atoms with van der Waals surface area (Å²) < 4.78 is 54.2. The van der Waals surface area contributed by atoms with Gasteiger partial charge >= 0.3 is 6.18 Å². The van der Waals surface area contributed by atoms with E-state index in [2.05, 4.69) is 15.5 Å². The second kappa shape index (κ2) is 8.33. The third-order valence-corrected chi connectivity index (χ3v) is 5.88. The van der Waals surface area contributed by atoms with E-state index >= 15 is 0 Å². The normalized spacial score (nSPS) is 15.0. The zero-order valence-corrected chi connectivity index (χ0v) is 17.2. The number of alkyl halides is 3. The maximum absolute atomic E-state index is 14.3. The van der Waals surface area contributed by atoms with Crippen molar-refractivity contribution in [3.63, 3.8) is 0 Å². The van der Waals surface area contributed by atoms with Crippen molar-refractivity contribution in [1.29, 1.82) is 0 Å². The third-order valence-electron chi connectivity index (χ3n) is 4.82. The Labute approximate surface area is 179 Å². The van der Waals surface area contributed by atoms with E-state index in [1.807, 2.05) is 4.57 Å². The number of hydrogen-bond acceptors (Lipinski definition) is 4. The molecule has 4 rings (SSSR count). The van der Waals surface area contributed by atoms with Crippen molar-refractivity contribution in [2.75, 3.05) is 5.32 Å². The lowest BCUT2D eigenvalue weighted by Crippen LogP contribution is -2.23. The second-order valence-corrected chi connectivity index (χ2v) is 8.52. The Hall–Kier alpha value is -2.88. The molecule has 1 fully saturated rings. The van der Waals surface area contributed by atoms with E-state index < -0.39 is 22.8 Å². The summed E-state index contributed by atoms with van der Waals surface area (Å²) in [5, 5.41) is 10.8. The summed E-state index contributed by atoms with van der Waals surface area (Å²) in [6.07, 6.45) is -2.60. The lowest BCUT2D eigenvalue weighted by Gasteiger charge is -2.14. The number of carbonyl (C=O) groups is 1. The number of thioether (sulfide) groups is 1. The summed E-state index contributed by atoms with van der Waals surface area (Å²) in [5.74, 6) is -0.373. The fourth-order valence-corrected chi connectivity index (χ4v) is 3.96. The van der Waals surface area contributed by atoms with E-state index in [9.17, 15) is 22.4 Å². The molecule has 0 radical (unpaired) electrons. The van der Waals surface area contributed by atoms with Crippen LogP contribution >= 0.6 is 11.8 Å². The Morgan fingerprint density at radius 3 is 2.42 bits per heavy atom. The molecule has 2 aromatic carbocycles. The summed E-state index contributed by atoms with van der Waals surface area (Å²) in [5.41, 5.74) is -0.178. The van der Waals surface area contributed by atoms with E-state index in [1.165, 1.54) is 30.0 Å². The molecule has 1 atom stereocenters. The highest BCUT2D eigenvalue weighted by atomic mass is 32.2. The molecule has 1 unspecified atom stereocenters. The van der Waals surface area contributed by atoms with Crippen molar-refractivity contribution in [3.8, 4) is 11.4 Å². The van der Waals surface area contributed by atoms with Crippen molar-refractivity contribution in [2.45, 2.75) is 42.4 Å². The smallest absolute Gasteiger partial charge is 0.325 e. The molecule has 0 aliphatic heterocycles. The van der Waals surface area contributed by atoms with Crippen molar-refractivity contribution in [3.05, 3.63) is 59.9 Å². The van der Waals surface area contributed by atoms with Crippen LogP contribution in [0.15, 0.2) is 53.7 Å². The number of hydrogen-bond donors (Lipinski definition) is 1. The third kappa shape index (κ3) is 4.73. The average molecular weight is 450 g/mol. The molecule has 0 saturated heterocycles. The van der Waals surface area contributed by atoms with Gasteiger partial charge in [-0.3, -0.25) is 9.36 Å². The van der Waals surface area contributed by atoms with Gasteiger partial charge in [0, 0.05) is 11.7 Å². The van der Waals surface area contributed by atoms with E-state index in [0.717, 1.165) is 25.0 Å². The van der Waals surface area contributed by atoms with E-state index in [4.69, 9.17) is 0 Å². The minimum absolute atomic E-state index is 0.150. The fourth-order valence-electron chi connectivity index (χ4n) is 3.04. The molecule has 5 nitrogen and oxygen atoms in total. The van der Waals surface area contributed by atoms with Gasteiger partial charge in [-0.25, -0.2) is 4.39 Å². The summed E-state index contributed by atoms with van der Waals surface area (Å²) in [6.45, 7) is 1.67. The van der Waals surface area contributed by atoms with Gasteiger partial charge < -0.3 is 5.32 Å². The number of nitrogens with zero attached hydrogens (tertiary/aromatic N) is 3. The van der Waals surface area contributed by atoms with Gasteiger partial charge in [-0.15, -0.1) is 10.2 Å². The molecule has 1 aromatic heterocycles. The Morgan fingerprint density at radius 1 is 1.13 bits per heavy atom. The molecule has 1 amide bonds. The first-order chi connectivity index (χ1) is 14.7. The minimum atomic E-state index is -4.44. The van der Waals surface area contributed by atoms with Crippen LogP contribution in [0, 0.1) is 5.82 Å². The molecule has 1 aliphatic carbocycles. The zero-order chi connectivity index (χ0) is 22.2. The largest absolute Gasteiger partial charge is 0.416 e. The molecular formula is C21H18F4N4OS. The Balaban J connectivity index is 1.49. The van der Waals surface area contributed by atoms with Crippen LogP contribution in [0.25, 0.3) is 11.4 Å². The first kappa shape index (κ1) is 21.4. The zero-order valence-electron chi connectivity index (χ0n) is 16.4. The summed E-state index contributed by atoms with van der Waals surface area (Å²) in [4.78, 5) is 12.6. The number of benzene rings is 2. The molecule has 3 aromatic rings. The number of amides is 1. The number of nitrogens with one attached hydrogen (secondary N) is 1. The van der Waals surface area contributed by atoms with Crippen LogP contribution < -0.4 is 5.32 Å². The molecule has 1 N–H and O–H groups in total. The van der Waals surface area contributed by atoms with Crippen molar-refractivity contribution in [2.24, 2.45) is 0 Å². The van der Waals surface area contributed by atoms with Gasteiger partial charge in [0.05, 0.1) is 16.4 Å². The van der Waals surface area contributed by atoms with Crippen molar-refractivity contribution >= 4 is 23.4 Å². The maximum Gasteiger partial charge on any atom is 0.416 e. The van der Waals surface area contributed by atoms with E-state index in [1.54, 1.807) is 25.1 Å². The van der Waals surface area contributed by atoms with Gasteiger partial charge in [0.2, 0.25) is 5.91 Å². The first-order valence-corrected chi connectivity index (χ1v) is 10.5. The molecule has 0 bridgehead atoms. The topological polar surface area (TPSA) is 59.8 Å².